The van der Waals surface area contributed by atoms with Crippen LogP contribution in [0.5, 0.6) is 0 Å². The number of rotatable bonds is 5. The van der Waals surface area contributed by atoms with Crippen molar-refractivity contribution in [2.75, 3.05) is 24.4 Å². The Morgan fingerprint density at radius 2 is 1.38 bits per heavy atom. The molecule has 0 unspecified atom stereocenters. The van der Waals surface area contributed by atoms with Gasteiger partial charge in [0.05, 0.1) is 18.4 Å². The van der Waals surface area contributed by atoms with Gasteiger partial charge in [0.25, 0.3) is 11.8 Å². The number of carbonyl (C=O) groups excluding carboxylic acids is 3. The minimum atomic E-state index is -0.536. The minimum absolute atomic E-state index is 0.181. The molecular formula is C23H20N2O4. The number of para-hydroxylation sites is 2. The molecule has 29 heavy (non-hydrogen) atoms. The second-order valence-electron chi connectivity index (χ2n) is 6.27. The summed E-state index contributed by atoms with van der Waals surface area (Å²) in [6.07, 6.45) is 0. The number of benzene rings is 3. The average molecular weight is 388 g/mol. The molecule has 3 rings (SSSR count). The summed E-state index contributed by atoms with van der Waals surface area (Å²) < 4.78 is 4.73. The summed E-state index contributed by atoms with van der Waals surface area (Å²) >= 11 is 0. The Morgan fingerprint density at radius 1 is 0.793 bits per heavy atom. The lowest BCUT2D eigenvalue weighted by Gasteiger charge is -2.17. The van der Waals surface area contributed by atoms with Gasteiger partial charge in [-0.1, -0.05) is 30.3 Å². The van der Waals surface area contributed by atoms with E-state index < -0.39 is 11.9 Å². The summed E-state index contributed by atoms with van der Waals surface area (Å²) in [7, 11) is 2.98. The molecule has 3 aromatic rings. The Kier molecular flexibility index (Phi) is 6.04. The van der Waals surface area contributed by atoms with Crippen LogP contribution in [0.3, 0.4) is 0 Å². The Morgan fingerprint density at radius 3 is 2.03 bits per heavy atom. The summed E-state index contributed by atoms with van der Waals surface area (Å²) in [5, 5.41) is 2.70. The van der Waals surface area contributed by atoms with Gasteiger partial charge < -0.3 is 15.0 Å². The zero-order chi connectivity index (χ0) is 20.8. The molecule has 0 bridgehead atoms. The fraction of sp³-hybridized carbons (Fsp3) is 0.0870. The SMILES string of the molecule is COC(=O)c1ccccc1NC(=O)c1ccc(C(=O)N(C)c2ccccc2)cc1. The lowest BCUT2D eigenvalue weighted by atomic mass is 10.1. The normalized spacial score (nSPS) is 10.1. The first-order chi connectivity index (χ1) is 14.0. The van der Waals surface area contributed by atoms with E-state index in [-0.39, 0.29) is 11.5 Å². The molecule has 0 heterocycles. The first kappa shape index (κ1) is 19.8. The first-order valence-corrected chi connectivity index (χ1v) is 8.93. The smallest absolute Gasteiger partial charge is 0.339 e. The van der Waals surface area contributed by atoms with Gasteiger partial charge in [-0.15, -0.1) is 0 Å². The van der Waals surface area contributed by atoms with Gasteiger partial charge in [0.15, 0.2) is 0 Å². The average Bonchev–Trinajstić information content (AvgIpc) is 2.78. The number of esters is 1. The third kappa shape index (κ3) is 4.50. The van der Waals surface area contributed by atoms with Crippen LogP contribution in [0.15, 0.2) is 78.9 Å². The van der Waals surface area contributed by atoms with Crippen molar-refractivity contribution in [2.24, 2.45) is 0 Å². The molecule has 0 aromatic heterocycles. The number of amides is 2. The summed E-state index contributed by atoms with van der Waals surface area (Å²) in [6.45, 7) is 0. The maximum absolute atomic E-state index is 12.6. The number of hydrogen-bond acceptors (Lipinski definition) is 4. The molecule has 0 aliphatic carbocycles. The lowest BCUT2D eigenvalue weighted by Crippen LogP contribution is -2.26. The molecule has 0 aliphatic heterocycles. The molecule has 0 saturated carbocycles. The Labute approximate surface area is 168 Å². The van der Waals surface area contributed by atoms with E-state index >= 15 is 0 Å². The van der Waals surface area contributed by atoms with Crippen LogP contribution in [0.25, 0.3) is 0 Å². The van der Waals surface area contributed by atoms with Crippen molar-refractivity contribution < 1.29 is 19.1 Å². The van der Waals surface area contributed by atoms with E-state index in [1.165, 1.54) is 7.11 Å². The van der Waals surface area contributed by atoms with Crippen LogP contribution in [0, 0.1) is 0 Å². The van der Waals surface area contributed by atoms with E-state index in [1.807, 2.05) is 30.3 Å². The van der Waals surface area contributed by atoms with Gasteiger partial charge in [-0.25, -0.2) is 4.79 Å². The van der Waals surface area contributed by atoms with Crippen LogP contribution >= 0.6 is 0 Å². The molecule has 0 spiro atoms. The molecule has 146 valence electrons. The molecule has 0 atom stereocenters. The van der Waals surface area contributed by atoms with Crippen molar-refractivity contribution in [1.82, 2.24) is 0 Å². The number of ether oxygens (including phenoxy) is 1. The van der Waals surface area contributed by atoms with Crippen molar-refractivity contribution in [2.45, 2.75) is 0 Å². The number of nitrogens with zero attached hydrogens (tertiary/aromatic N) is 1. The summed E-state index contributed by atoms with van der Waals surface area (Å²) in [5.74, 6) is -1.11. The molecule has 1 N–H and O–H groups in total. The second kappa shape index (κ2) is 8.84. The zero-order valence-corrected chi connectivity index (χ0v) is 16.1. The second-order valence-corrected chi connectivity index (χ2v) is 6.27. The quantitative estimate of drug-likeness (QED) is 0.671. The fourth-order valence-electron chi connectivity index (χ4n) is 2.80. The molecule has 0 saturated heterocycles. The van der Waals surface area contributed by atoms with Crippen molar-refractivity contribution in [3.63, 3.8) is 0 Å². The van der Waals surface area contributed by atoms with Gasteiger partial charge in [0.2, 0.25) is 0 Å². The standard InChI is InChI=1S/C23H20N2O4/c1-25(18-8-4-3-5-9-18)22(27)17-14-12-16(13-15-17)21(26)24-20-11-7-6-10-19(20)23(28)29-2/h3-15H,1-2H3,(H,24,26). The van der Waals surface area contributed by atoms with E-state index in [0.29, 0.717) is 16.8 Å². The first-order valence-electron chi connectivity index (χ1n) is 8.93. The zero-order valence-electron chi connectivity index (χ0n) is 16.1. The predicted octanol–water partition coefficient (Wildman–Crippen LogP) is 4.00. The minimum Gasteiger partial charge on any atom is -0.465 e. The van der Waals surface area contributed by atoms with E-state index in [2.05, 4.69) is 5.32 Å². The number of hydrogen-bond donors (Lipinski definition) is 1. The summed E-state index contributed by atoms with van der Waals surface area (Å²) in [5.41, 5.74) is 2.22. The Bertz CT molecular complexity index is 1030. The summed E-state index contributed by atoms with van der Waals surface area (Å²) in [6, 6.07) is 22.2. The molecule has 0 radical (unpaired) electrons. The molecule has 0 aliphatic rings. The van der Waals surface area contributed by atoms with E-state index in [9.17, 15) is 14.4 Å². The van der Waals surface area contributed by atoms with Crippen molar-refractivity contribution in [3.8, 4) is 0 Å². The molecule has 6 heteroatoms. The third-order valence-corrected chi connectivity index (χ3v) is 4.42. The maximum atomic E-state index is 12.6. The highest BCUT2D eigenvalue weighted by molar-refractivity contribution is 6.09. The summed E-state index contributed by atoms with van der Waals surface area (Å²) in [4.78, 5) is 38.6. The Hall–Kier alpha value is -3.93. The van der Waals surface area contributed by atoms with Crippen molar-refractivity contribution in [3.05, 3.63) is 95.6 Å². The van der Waals surface area contributed by atoms with Crippen LogP contribution in [0.1, 0.15) is 31.1 Å². The van der Waals surface area contributed by atoms with Crippen molar-refractivity contribution in [1.29, 1.82) is 0 Å². The monoisotopic (exact) mass is 388 g/mol. The van der Waals surface area contributed by atoms with Gasteiger partial charge in [-0.2, -0.15) is 0 Å². The largest absolute Gasteiger partial charge is 0.465 e. The van der Waals surface area contributed by atoms with Gasteiger partial charge in [-0.05, 0) is 48.5 Å². The van der Waals surface area contributed by atoms with Gasteiger partial charge >= 0.3 is 5.97 Å². The molecule has 0 fully saturated rings. The fourth-order valence-corrected chi connectivity index (χ4v) is 2.80. The molecule has 3 aromatic carbocycles. The maximum Gasteiger partial charge on any atom is 0.339 e. The predicted molar refractivity (Wildman–Crippen MR) is 111 cm³/mol. The van der Waals surface area contributed by atoms with Gasteiger partial charge in [0.1, 0.15) is 0 Å². The number of anilines is 2. The highest BCUT2D eigenvalue weighted by atomic mass is 16.5. The van der Waals surface area contributed by atoms with Crippen LogP contribution < -0.4 is 10.2 Å². The molecule has 6 nitrogen and oxygen atoms in total. The highest BCUT2D eigenvalue weighted by Crippen LogP contribution is 2.18. The van der Waals surface area contributed by atoms with E-state index in [4.69, 9.17) is 4.74 Å². The van der Waals surface area contributed by atoms with Crippen LogP contribution in [0.2, 0.25) is 0 Å². The van der Waals surface area contributed by atoms with Crippen LogP contribution in [-0.2, 0) is 4.74 Å². The van der Waals surface area contributed by atoms with Crippen LogP contribution in [-0.4, -0.2) is 31.9 Å². The highest BCUT2D eigenvalue weighted by Gasteiger charge is 2.16. The topological polar surface area (TPSA) is 75.7 Å². The number of methoxy groups -OCH3 is 1. The molecule has 2 amide bonds. The number of carbonyl (C=O) groups is 3. The van der Waals surface area contributed by atoms with Crippen LogP contribution in [0.4, 0.5) is 11.4 Å². The van der Waals surface area contributed by atoms with Gasteiger partial charge in [-0.3, -0.25) is 9.59 Å². The van der Waals surface area contributed by atoms with E-state index in [1.54, 1.807) is 60.5 Å². The van der Waals surface area contributed by atoms with E-state index in [0.717, 1.165) is 5.69 Å². The van der Waals surface area contributed by atoms with Crippen molar-refractivity contribution >= 4 is 29.2 Å². The lowest BCUT2D eigenvalue weighted by molar-refractivity contribution is 0.0601. The third-order valence-electron chi connectivity index (χ3n) is 4.42. The number of nitrogens with one attached hydrogen (secondary N) is 1. The Balaban J connectivity index is 1.74. The molecular weight excluding hydrogens is 368 g/mol. The van der Waals surface area contributed by atoms with Gasteiger partial charge in [0, 0.05) is 23.9 Å².